The number of amides is 1. The number of benzene rings is 1. The Balaban J connectivity index is 2.83. The van der Waals surface area contributed by atoms with E-state index in [0.29, 0.717) is 6.42 Å². The van der Waals surface area contributed by atoms with Crippen LogP contribution in [0.2, 0.25) is 0 Å². The van der Waals surface area contributed by atoms with Gasteiger partial charge in [-0.25, -0.2) is 4.79 Å². The van der Waals surface area contributed by atoms with Crippen molar-refractivity contribution in [3.8, 4) is 0 Å². The van der Waals surface area contributed by atoms with Gasteiger partial charge in [-0.15, -0.1) is 0 Å². The number of ether oxygens (including phenoxy) is 1. The van der Waals surface area contributed by atoms with E-state index in [0.717, 1.165) is 22.0 Å². The standard InChI is InChI=1S/C13H18INO3/c1-2-3-8-11(18-13(15)17)12(16)9-6-4-5-7-10(9)14/h4-7,11-12,16H,2-3,8H2,1H3,(H2,15,17)/t11-,12-/m0/s1. The third kappa shape index (κ3) is 4.45. The van der Waals surface area contributed by atoms with E-state index in [9.17, 15) is 9.90 Å². The van der Waals surface area contributed by atoms with Gasteiger partial charge in [-0.3, -0.25) is 0 Å². The third-order valence-corrected chi connectivity index (χ3v) is 3.67. The Morgan fingerprint density at radius 2 is 2.17 bits per heavy atom. The van der Waals surface area contributed by atoms with Crippen LogP contribution in [0.3, 0.4) is 0 Å². The Morgan fingerprint density at radius 3 is 2.72 bits per heavy atom. The molecule has 0 radical (unpaired) electrons. The molecule has 4 nitrogen and oxygen atoms in total. The normalized spacial score (nSPS) is 13.9. The first-order chi connectivity index (χ1) is 8.56. The SMILES string of the molecule is CCCC[C@H](OC(N)=O)[C@@H](O)c1ccccc1I. The molecule has 0 heterocycles. The molecule has 0 saturated carbocycles. The number of carbonyl (C=O) groups is 1. The molecule has 0 bridgehead atoms. The Kier molecular flexibility index (Phi) is 6.42. The molecule has 0 aliphatic carbocycles. The quantitative estimate of drug-likeness (QED) is 0.764. The van der Waals surface area contributed by atoms with Gasteiger partial charge >= 0.3 is 6.09 Å². The van der Waals surface area contributed by atoms with Gasteiger partial charge in [-0.2, -0.15) is 0 Å². The Bertz CT molecular complexity index is 398. The van der Waals surface area contributed by atoms with Crippen LogP contribution in [0.25, 0.3) is 0 Å². The number of rotatable bonds is 6. The maximum absolute atomic E-state index is 10.9. The minimum atomic E-state index is -0.846. The lowest BCUT2D eigenvalue weighted by atomic mass is 10.0. The molecule has 1 rings (SSSR count). The van der Waals surface area contributed by atoms with E-state index in [1.807, 2.05) is 31.2 Å². The van der Waals surface area contributed by atoms with Crippen molar-refractivity contribution in [3.05, 3.63) is 33.4 Å². The van der Waals surface area contributed by atoms with Crippen LogP contribution in [-0.2, 0) is 4.74 Å². The smallest absolute Gasteiger partial charge is 0.404 e. The van der Waals surface area contributed by atoms with Gasteiger partial charge in [-0.05, 0) is 47.1 Å². The van der Waals surface area contributed by atoms with E-state index >= 15 is 0 Å². The molecule has 3 N–H and O–H groups in total. The average molecular weight is 363 g/mol. The number of primary amides is 1. The zero-order valence-corrected chi connectivity index (χ0v) is 12.5. The molecule has 0 spiro atoms. The Hall–Kier alpha value is -0.820. The summed E-state index contributed by atoms with van der Waals surface area (Å²) in [5, 5.41) is 10.3. The van der Waals surface area contributed by atoms with Gasteiger partial charge in [0.15, 0.2) is 0 Å². The fourth-order valence-corrected chi connectivity index (χ4v) is 2.46. The molecule has 1 aromatic carbocycles. The monoisotopic (exact) mass is 363 g/mol. The maximum atomic E-state index is 10.9. The van der Waals surface area contributed by atoms with Gasteiger partial charge in [0, 0.05) is 3.57 Å². The highest BCUT2D eigenvalue weighted by molar-refractivity contribution is 14.1. The molecule has 0 aliphatic heterocycles. The van der Waals surface area contributed by atoms with E-state index in [1.165, 1.54) is 0 Å². The van der Waals surface area contributed by atoms with Gasteiger partial charge in [0.05, 0.1) is 0 Å². The summed E-state index contributed by atoms with van der Waals surface area (Å²) in [4.78, 5) is 10.9. The molecule has 0 unspecified atom stereocenters. The molecule has 2 atom stereocenters. The molecule has 1 amide bonds. The van der Waals surface area contributed by atoms with Gasteiger partial charge in [0.2, 0.25) is 0 Å². The number of halogens is 1. The first-order valence-corrected chi connectivity index (χ1v) is 7.02. The van der Waals surface area contributed by atoms with Gasteiger partial charge in [0.1, 0.15) is 12.2 Å². The number of unbranched alkanes of at least 4 members (excludes halogenated alkanes) is 1. The van der Waals surface area contributed by atoms with E-state index in [2.05, 4.69) is 22.6 Å². The molecule has 0 saturated heterocycles. The summed E-state index contributed by atoms with van der Waals surface area (Å²) in [6, 6.07) is 7.48. The summed E-state index contributed by atoms with van der Waals surface area (Å²) < 4.78 is 5.95. The lowest BCUT2D eigenvalue weighted by Crippen LogP contribution is -2.28. The highest BCUT2D eigenvalue weighted by Crippen LogP contribution is 2.26. The second-order valence-electron chi connectivity index (χ2n) is 4.08. The van der Waals surface area contributed by atoms with Crippen molar-refractivity contribution in [2.75, 3.05) is 0 Å². The van der Waals surface area contributed by atoms with E-state index in [4.69, 9.17) is 10.5 Å². The van der Waals surface area contributed by atoms with Crippen molar-refractivity contribution < 1.29 is 14.6 Å². The fourth-order valence-electron chi connectivity index (χ4n) is 1.75. The third-order valence-electron chi connectivity index (χ3n) is 2.69. The summed E-state index contributed by atoms with van der Waals surface area (Å²) in [6.45, 7) is 2.04. The molecule has 0 fully saturated rings. The van der Waals surface area contributed by atoms with Crippen LogP contribution in [-0.4, -0.2) is 17.3 Å². The van der Waals surface area contributed by atoms with Crippen LogP contribution in [0, 0.1) is 3.57 Å². The average Bonchev–Trinajstić information content (AvgIpc) is 2.34. The lowest BCUT2D eigenvalue weighted by Gasteiger charge is -2.23. The molecule has 1 aromatic rings. The summed E-state index contributed by atoms with van der Waals surface area (Å²) >= 11 is 2.15. The first kappa shape index (κ1) is 15.2. The number of aliphatic hydroxyl groups is 1. The van der Waals surface area contributed by atoms with Crippen LogP contribution >= 0.6 is 22.6 Å². The molecule has 0 aromatic heterocycles. The Labute approximate surface area is 121 Å². The van der Waals surface area contributed by atoms with Crippen molar-refractivity contribution in [3.63, 3.8) is 0 Å². The minimum Gasteiger partial charge on any atom is -0.443 e. The van der Waals surface area contributed by atoms with Gasteiger partial charge < -0.3 is 15.6 Å². The molecule has 5 heteroatoms. The lowest BCUT2D eigenvalue weighted by molar-refractivity contribution is -0.000680. The van der Waals surface area contributed by atoms with Crippen LogP contribution in [0.1, 0.15) is 37.9 Å². The second kappa shape index (κ2) is 7.58. The van der Waals surface area contributed by atoms with Crippen molar-refractivity contribution in [1.29, 1.82) is 0 Å². The Morgan fingerprint density at radius 1 is 1.50 bits per heavy atom. The first-order valence-electron chi connectivity index (χ1n) is 5.94. The van der Waals surface area contributed by atoms with E-state index < -0.39 is 18.3 Å². The molecular weight excluding hydrogens is 345 g/mol. The highest BCUT2D eigenvalue weighted by Gasteiger charge is 2.24. The topological polar surface area (TPSA) is 72.5 Å². The number of hydrogen-bond donors (Lipinski definition) is 2. The van der Waals surface area contributed by atoms with Gasteiger partial charge in [0.25, 0.3) is 0 Å². The predicted octanol–water partition coefficient (Wildman–Crippen LogP) is 2.98. The molecule has 100 valence electrons. The van der Waals surface area contributed by atoms with Crippen LogP contribution < -0.4 is 5.73 Å². The van der Waals surface area contributed by atoms with E-state index in [1.54, 1.807) is 0 Å². The van der Waals surface area contributed by atoms with Crippen molar-refractivity contribution in [2.24, 2.45) is 5.73 Å². The highest BCUT2D eigenvalue weighted by atomic mass is 127. The summed E-state index contributed by atoms with van der Waals surface area (Å²) in [5.41, 5.74) is 5.81. The number of carbonyl (C=O) groups excluding carboxylic acids is 1. The zero-order valence-electron chi connectivity index (χ0n) is 10.3. The van der Waals surface area contributed by atoms with Gasteiger partial charge in [-0.1, -0.05) is 31.5 Å². The predicted molar refractivity (Wildman–Crippen MR) is 78.1 cm³/mol. The summed E-state index contributed by atoms with van der Waals surface area (Å²) in [7, 11) is 0. The minimum absolute atomic E-state index is 0.585. The molecule has 0 aliphatic rings. The van der Waals surface area contributed by atoms with Crippen molar-refractivity contribution >= 4 is 28.7 Å². The van der Waals surface area contributed by atoms with Crippen LogP contribution in [0.4, 0.5) is 4.79 Å². The zero-order chi connectivity index (χ0) is 13.5. The van der Waals surface area contributed by atoms with Crippen LogP contribution in [0.15, 0.2) is 24.3 Å². The van der Waals surface area contributed by atoms with E-state index in [-0.39, 0.29) is 0 Å². The summed E-state index contributed by atoms with van der Waals surface area (Å²) in [5.74, 6) is 0. The molecule has 18 heavy (non-hydrogen) atoms. The molecular formula is C13H18INO3. The van der Waals surface area contributed by atoms with Crippen molar-refractivity contribution in [2.45, 2.75) is 38.4 Å². The largest absolute Gasteiger partial charge is 0.443 e. The number of nitrogens with two attached hydrogens (primary N) is 1. The second-order valence-corrected chi connectivity index (χ2v) is 5.25. The van der Waals surface area contributed by atoms with Crippen LogP contribution in [0.5, 0.6) is 0 Å². The number of hydrogen-bond acceptors (Lipinski definition) is 3. The van der Waals surface area contributed by atoms with Crippen molar-refractivity contribution in [1.82, 2.24) is 0 Å². The fraction of sp³-hybridized carbons (Fsp3) is 0.462. The number of aliphatic hydroxyl groups excluding tert-OH is 1. The summed E-state index contributed by atoms with van der Waals surface area (Å²) in [6.07, 6.45) is 0.179. The maximum Gasteiger partial charge on any atom is 0.404 e.